The number of nitrogens with zero attached hydrogens (tertiary/aromatic N) is 5. The maximum absolute atomic E-state index is 14.0. The van der Waals surface area contributed by atoms with Crippen LogP contribution in [0.15, 0.2) is 42.5 Å². The Labute approximate surface area is 253 Å². The zero-order valence-corrected chi connectivity index (χ0v) is 26.5. The van der Waals surface area contributed by atoms with Crippen LogP contribution in [-0.2, 0) is 19.8 Å². The number of carbonyl (C=O) groups is 3. The summed E-state index contributed by atoms with van der Waals surface area (Å²) in [5.74, 6) is 0.695. The molecule has 3 aromatic rings. The molecule has 222 valence electrons. The van der Waals surface area contributed by atoms with Crippen LogP contribution in [0.5, 0.6) is 0 Å². The van der Waals surface area contributed by atoms with Crippen molar-refractivity contribution in [1.82, 2.24) is 19.6 Å². The van der Waals surface area contributed by atoms with Gasteiger partial charge in [0.25, 0.3) is 0 Å². The maximum Gasteiger partial charge on any atom is 0.242 e. The Morgan fingerprint density at radius 2 is 1.62 bits per heavy atom. The van der Waals surface area contributed by atoms with Crippen molar-refractivity contribution in [3.8, 4) is 5.69 Å². The lowest BCUT2D eigenvalue weighted by molar-refractivity contribution is -0.137. The molecule has 9 heteroatoms. The van der Waals surface area contributed by atoms with Gasteiger partial charge in [-0.25, -0.2) is 4.68 Å². The smallest absolute Gasteiger partial charge is 0.242 e. The topological polar surface area (TPSA) is 78.8 Å². The molecule has 1 atom stereocenters. The van der Waals surface area contributed by atoms with E-state index in [1.54, 1.807) is 33.4 Å². The van der Waals surface area contributed by atoms with Crippen LogP contribution in [0.1, 0.15) is 66.5 Å². The fourth-order valence-corrected chi connectivity index (χ4v) is 7.07. The van der Waals surface area contributed by atoms with Gasteiger partial charge < -0.3 is 9.80 Å². The fraction of sp³-hybridized carbons (Fsp3) is 0.455. The van der Waals surface area contributed by atoms with E-state index in [1.807, 2.05) is 4.68 Å². The molecule has 3 heterocycles. The second-order valence-electron chi connectivity index (χ2n) is 12.5. The Hall–Kier alpha value is -3.59. The Morgan fingerprint density at radius 3 is 2.24 bits per heavy atom. The van der Waals surface area contributed by atoms with Crippen molar-refractivity contribution < 1.29 is 14.4 Å². The molecule has 1 aromatic heterocycles. The third-order valence-corrected chi connectivity index (χ3v) is 9.35. The normalized spacial score (nSPS) is 17.7. The molecule has 3 amide bonds. The van der Waals surface area contributed by atoms with Crippen molar-refractivity contribution in [2.75, 3.05) is 43.4 Å². The van der Waals surface area contributed by atoms with E-state index in [2.05, 4.69) is 84.0 Å². The van der Waals surface area contributed by atoms with Gasteiger partial charge in [-0.2, -0.15) is 5.10 Å². The third-order valence-electron chi connectivity index (χ3n) is 8.10. The van der Waals surface area contributed by atoms with Gasteiger partial charge in [-0.05, 0) is 38.0 Å². The summed E-state index contributed by atoms with van der Waals surface area (Å²) in [6, 6.07) is 14.7. The van der Waals surface area contributed by atoms with Crippen LogP contribution in [0.2, 0.25) is 0 Å². The average molecular weight is 588 g/mol. The molecule has 2 aliphatic rings. The minimum atomic E-state index is -0.317. The summed E-state index contributed by atoms with van der Waals surface area (Å²) in [6.07, 6.45) is 0. The first kappa shape index (κ1) is 29.9. The van der Waals surface area contributed by atoms with Gasteiger partial charge in [-0.1, -0.05) is 68.3 Å². The highest BCUT2D eigenvalue weighted by atomic mass is 32.2. The van der Waals surface area contributed by atoms with Crippen LogP contribution in [-0.4, -0.2) is 75.8 Å². The van der Waals surface area contributed by atoms with Gasteiger partial charge in [-0.15, -0.1) is 11.8 Å². The molecule has 0 spiro atoms. The quantitative estimate of drug-likeness (QED) is 0.432. The van der Waals surface area contributed by atoms with Gasteiger partial charge in [0.15, 0.2) is 0 Å². The Morgan fingerprint density at radius 1 is 0.952 bits per heavy atom. The molecular weight excluding hydrogens is 546 g/mol. The van der Waals surface area contributed by atoms with Crippen LogP contribution in [0, 0.1) is 20.8 Å². The SMILES string of the molecule is CC(=O)N1CCN(C(=O)CN2C(=O)CSC(c3cccc(C)c3)c3c(C(C)(C)C)nn(-c4ccc(C)cc4C)c32)CC1. The summed E-state index contributed by atoms with van der Waals surface area (Å²) in [7, 11) is 0. The molecule has 1 saturated heterocycles. The minimum absolute atomic E-state index is 0.0146. The molecule has 0 bridgehead atoms. The highest BCUT2D eigenvalue weighted by Gasteiger charge is 2.40. The van der Waals surface area contributed by atoms with Crippen molar-refractivity contribution in [2.45, 2.75) is 59.1 Å². The van der Waals surface area contributed by atoms with Crippen LogP contribution in [0.3, 0.4) is 0 Å². The molecule has 2 aliphatic heterocycles. The number of amides is 3. The molecule has 8 nitrogen and oxygen atoms in total. The van der Waals surface area contributed by atoms with Crippen LogP contribution < -0.4 is 4.90 Å². The predicted molar refractivity (Wildman–Crippen MR) is 168 cm³/mol. The largest absolute Gasteiger partial charge is 0.339 e. The lowest BCUT2D eigenvalue weighted by atomic mass is 9.87. The number of rotatable bonds is 4. The summed E-state index contributed by atoms with van der Waals surface area (Å²) in [5, 5.41) is 5.11. The summed E-state index contributed by atoms with van der Waals surface area (Å²) < 4.78 is 1.90. The molecule has 0 aliphatic carbocycles. The van der Waals surface area contributed by atoms with E-state index in [0.717, 1.165) is 39.2 Å². The Bertz CT molecular complexity index is 1530. The van der Waals surface area contributed by atoms with Crippen LogP contribution >= 0.6 is 11.8 Å². The number of carbonyl (C=O) groups excluding carboxylic acids is 3. The van der Waals surface area contributed by atoms with E-state index in [4.69, 9.17) is 5.10 Å². The number of benzene rings is 2. The molecule has 0 N–H and O–H groups in total. The number of piperazine rings is 1. The lowest BCUT2D eigenvalue weighted by Crippen LogP contribution is -2.53. The summed E-state index contributed by atoms with van der Waals surface area (Å²) in [4.78, 5) is 44.8. The fourth-order valence-electron chi connectivity index (χ4n) is 5.89. The van der Waals surface area contributed by atoms with E-state index in [9.17, 15) is 14.4 Å². The highest BCUT2D eigenvalue weighted by molar-refractivity contribution is 8.00. The Balaban J connectivity index is 1.68. The number of hydrogen-bond donors (Lipinski definition) is 0. The third kappa shape index (κ3) is 5.84. The highest BCUT2D eigenvalue weighted by Crippen LogP contribution is 2.48. The number of hydrogen-bond acceptors (Lipinski definition) is 5. The first-order chi connectivity index (χ1) is 19.8. The molecule has 2 aromatic carbocycles. The van der Waals surface area contributed by atoms with Crippen molar-refractivity contribution in [2.24, 2.45) is 0 Å². The monoisotopic (exact) mass is 587 g/mol. The molecule has 0 saturated carbocycles. The van der Waals surface area contributed by atoms with Crippen LogP contribution in [0.25, 0.3) is 5.69 Å². The van der Waals surface area contributed by atoms with Crippen molar-refractivity contribution in [1.29, 1.82) is 0 Å². The minimum Gasteiger partial charge on any atom is -0.339 e. The van der Waals surface area contributed by atoms with Gasteiger partial charge in [-0.3, -0.25) is 19.3 Å². The van der Waals surface area contributed by atoms with E-state index in [1.165, 1.54) is 0 Å². The predicted octanol–water partition coefficient (Wildman–Crippen LogP) is 4.95. The Kier molecular flexibility index (Phi) is 8.25. The van der Waals surface area contributed by atoms with Gasteiger partial charge in [0, 0.05) is 44.1 Å². The second-order valence-corrected chi connectivity index (χ2v) is 13.6. The molecule has 42 heavy (non-hydrogen) atoms. The van der Waals surface area contributed by atoms with E-state index < -0.39 is 0 Å². The number of thioether (sulfide) groups is 1. The summed E-state index contributed by atoms with van der Waals surface area (Å²) in [6.45, 7) is 16.0. The number of aromatic nitrogens is 2. The van der Waals surface area contributed by atoms with Gasteiger partial charge >= 0.3 is 0 Å². The van der Waals surface area contributed by atoms with Crippen molar-refractivity contribution in [3.63, 3.8) is 0 Å². The number of aryl methyl sites for hydroxylation is 3. The van der Waals surface area contributed by atoms with Crippen molar-refractivity contribution >= 4 is 35.3 Å². The zero-order valence-electron chi connectivity index (χ0n) is 25.7. The lowest BCUT2D eigenvalue weighted by Gasteiger charge is -2.35. The summed E-state index contributed by atoms with van der Waals surface area (Å²) in [5.41, 5.74) is 6.94. The van der Waals surface area contributed by atoms with Crippen LogP contribution in [0.4, 0.5) is 5.82 Å². The van der Waals surface area contributed by atoms with Gasteiger partial charge in [0.05, 0.1) is 22.4 Å². The standard InChI is InChI=1S/C33H41N5O3S/c1-21-9-8-10-25(18-21)30-29-31(33(5,6)7)34-38(26-12-11-22(2)17-23(26)3)32(29)37(28(41)20-42-30)19-27(40)36-15-13-35(14-16-36)24(4)39/h8-12,17-18,30H,13-16,19-20H2,1-7H3. The second kappa shape index (κ2) is 11.6. The molecule has 1 fully saturated rings. The summed E-state index contributed by atoms with van der Waals surface area (Å²) >= 11 is 1.60. The average Bonchev–Trinajstić information content (AvgIpc) is 3.25. The number of anilines is 1. The molecule has 0 radical (unpaired) electrons. The molecule has 1 unspecified atom stereocenters. The van der Waals surface area contributed by atoms with Crippen molar-refractivity contribution in [3.05, 3.63) is 76.0 Å². The molecular formula is C33H41N5O3S. The van der Waals surface area contributed by atoms with E-state index in [-0.39, 0.29) is 40.7 Å². The van der Waals surface area contributed by atoms with E-state index in [0.29, 0.717) is 32.0 Å². The van der Waals surface area contributed by atoms with E-state index >= 15 is 0 Å². The number of fused-ring (bicyclic) bond motifs is 1. The first-order valence-corrected chi connectivity index (χ1v) is 15.6. The van der Waals surface area contributed by atoms with Gasteiger partial charge in [0.1, 0.15) is 12.4 Å². The maximum atomic E-state index is 14.0. The molecule has 5 rings (SSSR count). The first-order valence-electron chi connectivity index (χ1n) is 14.6. The zero-order chi connectivity index (χ0) is 30.3. The van der Waals surface area contributed by atoms with Gasteiger partial charge in [0.2, 0.25) is 17.7 Å².